The number of hydrogen-bond acceptors (Lipinski definition) is 7. The summed E-state index contributed by atoms with van der Waals surface area (Å²) in [5, 5.41) is 7.82. The number of carbonyl (C=O) groups is 1. The fourth-order valence-electron chi connectivity index (χ4n) is 4.57. The summed E-state index contributed by atoms with van der Waals surface area (Å²) in [6.45, 7) is 3.26. The molecule has 2 unspecified atom stereocenters. The van der Waals surface area contributed by atoms with Crippen LogP contribution in [0.1, 0.15) is 35.2 Å². The molecule has 3 N–H and O–H groups in total. The molecule has 0 spiro atoms. The summed E-state index contributed by atoms with van der Waals surface area (Å²) >= 11 is 12.2. The minimum absolute atomic E-state index is 0.151. The number of rotatable bonds is 7. The van der Waals surface area contributed by atoms with Gasteiger partial charge in [-0.2, -0.15) is 5.10 Å². The molecule has 2 aromatic rings. The van der Waals surface area contributed by atoms with Gasteiger partial charge in [-0.25, -0.2) is 4.68 Å². The summed E-state index contributed by atoms with van der Waals surface area (Å²) in [5.74, 6) is 0.286. The topological polar surface area (TPSA) is 112 Å². The largest absolute Gasteiger partial charge is 0.492 e. The van der Waals surface area contributed by atoms with E-state index in [2.05, 4.69) is 15.3 Å². The fraction of sp³-hybridized carbons (Fsp3) is 0.522. The fourth-order valence-corrected chi connectivity index (χ4v) is 4.94. The highest BCUT2D eigenvalue weighted by Crippen LogP contribution is 2.38. The Morgan fingerprint density at radius 2 is 2.18 bits per heavy atom. The highest BCUT2D eigenvalue weighted by Gasteiger charge is 2.32. The normalized spacial score (nSPS) is 20.4. The second-order valence-electron chi connectivity index (χ2n) is 8.59. The number of methoxy groups -OCH3 is 1. The highest BCUT2D eigenvalue weighted by molar-refractivity contribution is 6.33. The van der Waals surface area contributed by atoms with E-state index in [0.717, 1.165) is 44.3 Å². The van der Waals surface area contributed by atoms with Crippen molar-refractivity contribution in [1.82, 2.24) is 20.0 Å². The quantitative estimate of drug-likeness (QED) is 0.550. The van der Waals surface area contributed by atoms with Gasteiger partial charge in [0, 0.05) is 44.9 Å². The molecule has 1 aromatic heterocycles. The van der Waals surface area contributed by atoms with Crippen LogP contribution in [0, 0.1) is 0 Å². The van der Waals surface area contributed by atoms with Gasteiger partial charge < -0.3 is 25.4 Å². The number of piperidine rings is 1. The zero-order chi connectivity index (χ0) is 24.2. The van der Waals surface area contributed by atoms with Gasteiger partial charge in [0.1, 0.15) is 10.9 Å². The number of nitrogens with zero attached hydrogens (tertiary/aromatic N) is 3. The van der Waals surface area contributed by atoms with E-state index in [-0.39, 0.29) is 23.6 Å². The van der Waals surface area contributed by atoms with Crippen molar-refractivity contribution in [3.8, 4) is 5.75 Å². The van der Waals surface area contributed by atoms with Crippen LogP contribution < -0.4 is 21.3 Å². The van der Waals surface area contributed by atoms with Gasteiger partial charge in [0.05, 0.1) is 35.0 Å². The van der Waals surface area contributed by atoms with Crippen molar-refractivity contribution in [1.29, 1.82) is 0 Å². The molecule has 1 fully saturated rings. The number of anilines is 1. The Bertz CT molecular complexity index is 1110. The molecule has 2 aliphatic rings. The van der Waals surface area contributed by atoms with Crippen LogP contribution in [0.25, 0.3) is 0 Å². The van der Waals surface area contributed by atoms with E-state index in [0.29, 0.717) is 46.9 Å². The van der Waals surface area contributed by atoms with E-state index in [1.807, 2.05) is 0 Å². The number of aromatic nitrogens is 2. The van der Waals surface area contributed by atoms with Crippen LogP contribution in [-0.4, -0.2) is 66.1 Å². The number of nitrogen functional groups attached to an aromatic ring is 1. The second-order valence-corrected chi connectivity index (χ2v) is 9.39. The lowest BCUT2D eigenvalue weighted by molar-refractivity contribution is 0.00574. The molecule has 0 saturated carbocycles. The van der Waals surface area contributed by atoms with Crippen molar-refractivity contribution in [2.24, 2.45) is 0 Å². The van der Waals surface area contributed by atoms with Crippen LogP contribution in [0.2, 0.25) is 10.2 Å². The van der Waals surface area contributed by atoms with E-state index < -0.39 is 0 Å². The Kier molecular flexibility index (Phi) is 7.98. The van der Waals surface area contributed by atoms with Gasteiger partial charge in [0.2, 0.25) is 0 Å². The molecular formula is C23H29Cl2N5O4. The van der Waals surface area contributed by atoms with Gasteiger partial charge in [0.15, 0.2) is 0 Å². The van der Waals surface area contributed by atoms with E-state index in [4.69, 9.17) is 38.4 Å². The number of nitrogens with one attached hydrogen (secondary N) is 1. The zero-order valence-corrected chi connectivity index (χ0v) is 20.6. The standard InChI is InChI=1S/C23H29Cl2N5O4/c1-33-18-13-29(8-3-9-30-20(31)6-5-19(25)28-30)10-7-17(18)27-23(32)15-12-16(24)21(26)14-4-2-11-34-22(14)15/h5-6,12,17-18H,2-4,7-11,13,26H2,1H3,(H,27,32). The summed E-state index contributed by atoms with van der Waals surface area (Å²) in [6.07, 6.45) is 2.87. The number of ether oxygens (including phenoxy) is 2. The van der Waals surface area contributed by atoms with Crippen LogP contribution in [0.4, 0.5) is 5.69 Å². The Morgan fingerprint density at radius 3 is 2.97 bits per heavy atom. The average Bonchev–Trinajstić information content (AvgIpc) is 2.84. The van der Waals surface area contributed by atoms with E-state index in [1.165, 1.54) is 16.8 Å². The number of carbonyl (C=O) groups excluding carboxylic acids is 1. The van der Waals surface area contributed by atoms with Crippen LogP contribution in [0.15, 0.2) is 23.0 Å². The number of likely N-dealkylation sites (tertiary alicyclic amines) is 1. The summed E-state index contributed by atoms with van der Waals surface area (Å²) < 4.78 is 12.9. The van der Waals surface area contributed by atoms with E-state index in [1.54, 1.807) is 13.2 Å². The van der Waals surface area contributed by atoms with Crippen molar-refractivity contribution in [3.63, 3.8) is 0 Å². The summed E-state index contributed by atoms with van der Waals surface area (Å²) in [5.41, 5.74) is 7.63. The van der Waals surface area contributed by atoms with Crippen molar-refractivity contribution in [3.05, 3.63) is 49.9 Å². The number of fused-ring (bicyclic) bond motifs is 1. The SMILES string of the molecule is COC1CN(CCCn2nc(Cl)ccc2=O)CCC1NC(=O)c1cc(Cl)c(N)c2c1OCCC2. The molecule has 0 radical (unpaired) electrons. The van der Waals surface area contributed by atoms with Gasteiger partial charge in [-0.05, 0) is 37.8 Å². The van der Waals surface area contributed by atoms with Crippen LogP contribution >= 0.6 is 23.2 Å². The third-order valence-corrected chi connectivity index (χ3v) is 6.89. The predicted octanol–water partition coefficient (Wildman–Crippen LogP) is 2.37. The molecule has 1 amide bonds. The first kappa shape index (κ1) is 24.8. The highest BCUT2D eigenvalue weighted by atomic mass is 35.5. The van der Waals surface area contributed by atoms with Crippen LogP contribution in [0.3, 0.4) is 0 Å². The Hall–Kier alpha value is -2.33. The molecule has 184 valence electrons. The molecule has 2 atom stereocenters. The minimum Gasteiger partial charge on any atom is -0.492 e. The Balaban J connectivity index is 1.36. The maximum Gasteiger partial charge on any atom is 0.266 e. The number of hydrogen-bond donors (Lipinski definition) is 2. The second kappa shape index (κ2) is 10.9. The number of nitrogens with two attached hydrogens (primary N) is 1. The van der Waals surface area contributed by atoms with Crippen molar-refractivity contribution < 1.29 is 14.3 Å². The molecular weight excluding hydrogens is 481 g/mol. The van der Waals surface area contributed by atoms with Crippen LogP contribution in [0.5, 0.6) is 5.75 Å². The average molecular weight is 510 g/mol. The smallest absolute Gasteiger partial charge is 0.266 e. The molecule has 0 bridgehead atoms. The zero-order valence-electron chi connectivity index (χ0n) is 19.1. The summed E-state index contributed by atoms with van der Waals surface area (Å²) in [4.78, 5) is 27.3. The molecule has 34 heavy (non-hydrogen) atoms. The first-order chi connectivity index (χ1) is 16.4. The first-order valence-electron chi connectivity index (χ1n) is 11.4. The van der Waals surface area contributed by atoms with Gasteiger partial charge in [-0.1, -0.05) is 23.2 Å². The number of halogens is 2. The van der Waals surface area contributed by atoms with Gasteiger partial charge in [-0.3, -0.25) is 9.59 Å². The molecule has 3 heterocycles. The maximum atomic E-state index is 13.2. The van der Waals surface area contributed by atoms with Gasteiger partial charge >= 0.3 is 0 Å². The van der Waals surface area contributed by atoms with E-state index in [9.17, 15) is 9.59 Å². The third-order valence-electron chi connectivity index (χ3n) is 6.38. The maximum absolute atomic E-state index is 13.2. The van der Waals surface area contributed by atoms with Gasteiger partial charge in [0.25, 0.3) is 11.5 Å². The number of aryl methyl sites for hydroxylation is 1. The van der Waals surface area contributed by atoms with Crippen LogP contribution in [-0.2, 0) is 17.7 Å². The summed E-state index contributed by atoms with van der Waals surface area (Å²) in [7, 11) is 1.65. The molecule has 1 aromatic carbocycles. The molecule has 0 aliphatic carbocycles. The van der Waals surface area contributed by atoms with E-state index >= 15 is 0 Å². The Morgan fingerprint density at radius 1 is 1.35 bits per heavy atom. The molecule has 1 saturated heterocycles. The lowest BCUT2D eigenvalue weighted by Gasteiger charge is -2.38. The summed E-state index contributed by atoms with van der Waals surface area (Å²) in [6, 6.07) is 4.34. The monoisotopic (exact) mass is 509 g/mol. The number of amides is 1. The molecule has 11 heteroatoms. The van der Waals surface area contributed by atoms with Gasteiger partial charge in [-0.15, -0.1) is 0 Å². The predicted molar refractivity (Wildman–Crippen MR) is 131 cm³/mol. The van der Waals surface area contributed by atoms with Crippen molar-refractivity contribution in [2.45, 2.75) is 44.4 Å². The lowest BCUT2D eigenvalue weighted by Crippen LogP contribution is -2.55. The van der Waals surface area contributed by atoms with Crippen molar-refractivity contribution in [2.75, 3.05) is 39.1 Å². The molecule has 4 rings (SSSR count). The first-order valence-corrected chi connectivity index (χ1v) is 12.2. The molecule has 9 nitrogen and oxygen atoms in total. The molecule has 2 aliphatic heterocycles. The minimum atomic E-state index is -0.244. The number of benzene rings is 1. The lowest BCUT2D eigenvalue weighted by atomic mass is 9.98. The Labute approximate surface area is 208 Å². The van der Waals surface area contributed by atoms with Crippen molar-refractivity contribution >= 4 is 34.8 Å². The third kappa shape index (κ3) is 5.49.